The van der Waals surface area contributed by atoms with Crippen LogP contribution < -0.4 is 5.32 Å². The number of halogens is 3. The molecule has 1 aliphatic rings. The van der Waals surface area contributed by atoms with Gasteiger partial charge in [-0.2, -0.15) is 13.2 Å². The van der Waals surface area contributed by atoms with Gasteiger partial charge in [0.05, 0.1) is 17.3 Å². The molecule has 0 aliphatic carbocycles. The number of aromatic nitrogens is 2. The second-order valence-corrected chi connectivity index (χ2v) is 7.04. The predicted molar refractivity (Wildman–Crippen MR) is 101 cm³/mol. The summed E-state index contributed by atoms with van der Waals surface area (Å²) >= 11 is 0. The molecular formula is C21H20F3N3O. The number of pyridine rings is 2. The van der Waals surface area contributed by atoms with Crippen molar-refractivity contribution in [2.45, 2.75) is 37.6 Å². The highest BCUT2D eigenvalue weighted by Crippen LogP contribution is 2.33. The van der Waals surface area contributed by atoms with Gasteiger partial charge in [0.25, 0.3) is 0 Å². The second kappa shape index (κ2) is 7.48. The smallest absolute Gasteiger partial charge is 0.387 e. The van der Waals surface area contributed by atoms with Crippen LogP contribution in [0.5, 0.6) is 0 Å². The topological polar surface area (TPSA) is 58.0 Å². The predicted octanol–water partition coefficient (Wildman–Crippen LogP) is 4.49. The van der Waals surface area contributed by atoms with Crippen LogP contribution in [0.25, 0.3) is 22.2 Å². The zero-order chi connectivity index (χ0) is 19.7. The molecule has 0 saturated carbocycles. The second-order valence-electron chi connectivity index (χ2n) is 7.04. The highest BCUT2D eigenvalue weighted by atomic mass is 19.4. The minimum absolute atomic E-state index is 0.0573. The first kappa shape index (κ1) is 18.8. The standard InChI is InChI=1S/C21H20F3N3O/c22-21(23,24)19-9-8-13(12-26-19)18-11-15(14-5-1-2-6-16(14)27-18)20(28)17-7-3-4-10-25-17/h1-2,5-6,8-9,11-12,17,20,25,28H,3-4,7,10H2/t17-,20+/m0/s1. The van der Waals surface area contributed by atoms with Crippen molar-refractivity contribution in [3.63, 3.8) is 0 Å². The third-order valence-electron chi connectivity index (χ3n) is 5.15. The number of para-hydroxylation sites is 1. The van der Waals surface area contributed by atoms with E-state index in [1.165, 1.54) is 12.3 Å². The van der Waals surface area contributed by atoms with E-state index in [0.29, 0.717) is 16.8 Å². The van der Waals surface area contributed by atoms with Crippen molar-refractivity contribution in [1.29, 1.82) is 0 Å². The molecule has 0 radical (unpaired) electrons. The van der Waals surface area contributed by atoms with Crippen LogP contribution in [-0.4, -0.2) is 27.7 Å². The fraction of sp³-hybridized carbons (Fsp3) is 0.333. The number of hydrogen-bond acceptors (Lipinski definition) is 4. The van der Waals surface area contributed by atoms with Crippen LogP contribution in [0.4, 0.5) is 13.2 Å². The van der Waals surface area contributed by atoms with E-state index in [0.717, 1.165) is 42.8 Å². The normalized spacial score (nSPS) is 18.9. The molecule has 3 heterocycles. The van der Waals surface area contributed by atoms with Gasteiger partial charge in [0.2, 0.25) is 0 Å². The average Bonchev–Trinajstić information content (AvgIpc) is 2.72. The van der Waals surface area contributed by atoms with Gasteiger partial charge in [-0.3, -0.25) is 4.98 Å². The lowest BCUT2D eigenvalue weighted by molar-refractivity contribution is -0.141. The summed E-state index contributed by atoms with van der Waals surface area (Å²) in [5, 5.41) is 15.2. The maximum atomic E-state index is 12.8. The molecule has 7 heteroatoms. The number of benzene rings is 1. The highest BCUT2D eigenvalue weighted by Gasteiger charge is 2.32. The molecule has 0 unspecified atom stereocenters. The molecule has 146 valence electrons. The van der Waals surface area contributed by atoms with E-state index >= 15 is 0 Å². The van der Waals surface area contributed by atoms with Crippen LogP contribution in [-0.2, 0) is 6.18 Å². The van der Waals surface area contributed by atoms with Gasteiger partial charge in [0, 0.05) is 23.2 Å². The maximum absolute atomic E-state index is 12.8. The van der Waals surface area contributed by atoms with Crippen molar-refractivity contribution < 1.29 is 18.3 Å². The lowest BCUT2D eigenvalue weighted by Crippen LogP contribution is -2.38. The quantitative estimate of drug-likeness (QED) is 0.695. The van der Waals surface area contributed by atoms with Gasteiger partial charge in [-0.1, -0.05) is 24.6 Å². The Morgan fingerprint density at radius 3 is 2.61 bits per heavy atom. The number of rotatable bonds is 3. The largest absolute Gasteiger partial charge is 0.433 e. The summed E-state index contributed by atoms with van der Waals surface area (Å²) < 4.78 is 38.4. The minimum atomic E-state index is -4.48. The molecule has 2 aromatic heterocycles. The molecule has 1 saturated heterocycles. The van der Waals surface area contributed by atoms with Gasteiger partial charge in [-0.15, -0.1) is 0 Å². The Labute approximate surface area is 160 Å². The summed E-state index contributed by atoms with van der Waals surface area (Å²) in [5.74, 6) is 0. The molecule has 2 atom stereocenters. The molecule has 3 aromatic rings. The Hall–Kier alpha value is -2.51. The average molecular weight is 387 g/mol. The Balaban J connectivity index is 1.77. The number of alkyl halides is 3. The monoisotopic (exact) mass is 387 g/mol. The van der Waals surface area contributed by atoms with E-state index in [9.17, 15) is 18.3 Å². The first-order chi connectivity index (χ1) is 13.4. The minimum Gasteiger partial charge on any atom is -0.387 e. The summed E-state index contributed by atoms with van der Waals surface area (Å²) in [6.07, 6.45) is -1.03. The molecule has 0 spiro atoms. The molecule has 0 bridgehead atoms. The van der Waals surface area contributed by atoms with Gasteiger partial charge in [-0.25, -0.2) is 4.98 Å². The van der Waals surface area contributed by atoms with Crippen LogP contribution in [0.1, 0.15) is 36.6 Å². The number of aliphatic hydroxyl groups excluding tert-OH is 1. The lowest BCUT2D eigenvalue weighted by atomic mass is 9.92. The van der Waals surface area contributed by atoms with Crippen LogP contribution >= 0.6 is 0 Å². The molecule has 2 N–H and O–H groups in total. The Morgan fingerprint density at radius 2 is 1.93 bits per heavy atom. The number of hydrogen-bond donors (Lipinski definition) is 2. The van der Waals surface area contributed by atoms with Crippen molar-refractivity contribution >= 4 is 10.9 Å². The summed E-state index contributed by atoms with van der Waals surface area (Å²) in [7, 11) is 0. The molecule has 1 aromatic carbocycles. The van der Waals surface area contributed by atoms with Crippen LogP contribution in [0.2, 0.25) is 0 Å². The van der Waals surface area contributed by atoms with Crippen molar-refractivity contribution in [3.8, 4) is 11.3 Å². The fourth-order valence-corrected chi connectivity index (χ4v) is 3.67. The molecule has 0 amide bonds. The van der Waals surface area contributed by atoms with E-state index < -0.39 is 18.0 Å². The molecule has 1 fully saturated rings. The first-order valence-electron chi connectivity index (χ1n) is 9.28. The van der Waals surface area contributed by atoms with Gasteiger partial charge >= 0.3 is 6.18 Å². The number of fused-ring (bicyclic) bond motifs is 1. The summed E-state index contributed by atoms with van der Waals surface area (Å²) in [6, 6.07) is 11.5. The third-order valence-corrected chi connectivity index (χ3v) is 5.15. The molecule has 1 aliphatic heterocycles. The Bertz CT molecular complexity index is 967. The van der Waals surface area contributed by atoms with Crippen LogP contribution in [0.3, 0.4) is 0 Å². The first-order valence-corrected chi connectivity index (χ1v) is 9.28. The lowest BCUT2D eigenvalue weighted by Gasteiger charge is -2.29. The molecule has 4 nitrogen and oxygen atoms in total. The van der Waals surface area contributed by atoms with E-state index in [2.05, 4.69) is 15.3 Å². The Kier molecular flexibility index (Phi) is 5.03. The number of aliphatic hydroxyl groups is 1. The van der Waals surface area contributed by atoms with Gasteiger partial charge in [-0.05, 0) is 49.2 Å². The van der Waals surface area contributed by atoms with Crippen LogP contribution in [0.15, 0.2) is 48.7 Å². The zero-order valence-electron chi connectivity index (χ0n) is 15.1. The van der Waals surface area contributed by atoms with Gasteiger partial charge < -0.3 is 10.4 Å². The number of piperidine rings is 1. The highest BCUT2D eigenvalue weighted by molar-refractivity contribution is 5.85. The zero-order valence-corrected chi connectivity index (χ0v) is 15.1. The van der Waals surface area contributed by atoms with Gasteiger partial charge in [0.1, 0.15) is 5.69 Å². The van der Waals surface area contributed by atoms with E-state index in [4.69, 9.17) is 0 Å². The van der Waals surface area contributed by atoms with Gasteiger partial charge in [0.15, 0.2) is 0 Å². The summed E-state index contributed by atoms with van der Waals surface area (Å²) in [6.45, 7) is 0.862. The van der Waals surface area contributed by atoms with E-state index in [-0.39, 0.29) is 6.04 Å². The van der Waals surface area contributed by atoms with Crippen molar-refractivity contribution in [2.24, 2.45) is 0 Å². The van der Waals surface area contributed by atoms with Crippen LogP contribution in [0, 0.1) is 0 Å². The molecular weight excluding hydrogens is 367 g/mol. The van der Waals surface area contributed by atoms with E-state index in [1.54, 1.807) is 6.07 Å². The molecule has 28 heavy (non-hydrogen) atoms. The molecule has 4 rings (SSSR count). The number of nitrogens with one attached hydrogen (secondary N) is 1. The fourth-order valence-electron chi connectivity index (χ4n) is 3.67. The summed E-state index contributed by atoms with van der Waals surface area (Å²) in [5.41, 5.74) is 1.43. The van der Waals surface area contributed by atoms with E-state index in [1.807, 2.05) is 24.3 Å². The maximum Gasteiger partial charge on any atom is 0.433 e. The SMILES string of the molecule is O[C@H](c1cc(-c2ccc(C(F)(F)F)nc2)nc2ccccc12)[C@@H]1CCCCN1. The summed E-state index contributed by atoms with van der Waals surface area (Å²) in [4.78, 5) is 8.10. The van der Waals surface area contributed by atoms with Crippen molar-refractivity contribution in [1.82, 2.24) is 15.3 Å². The number of nitrogens with zero attached hydrogens (tertiary/aromatic N) is 2. The van der Waals surface area contributed by atoms with Crippen molar-refractivity contribution in [3.05, 3.63) is 59.9 Å². The third kappa shape index (κ3) is 3.72. The van der Waals surface area contributed by atoms with Crippen molar-refractivity contribution in [2.75, 3.05) is 6.54 Å². The Morgan fingerprint density at radius 1 is 1.11 bits per heavy atom.